The number of thiophene rings is 1. The summed E-state index contributed by atoms with van der Waals surface area (Å²) in [6.45, 7) is 9.26. The van der Waals surface area contributed by atoms with Gasteiger partial charge in [-0.25, -0.2) is 14.8 Å². The molecule has 0 amide bonds. The van der Waals surface area contributed by atoms with Crippen molar-refractivity contribution >= 4 is 44.9 Å². The SMILES string of the molecule is CCCOC(=O)c1sc2nc(Cl)nc(NCC(C)C)c2c1C. The molecule has 0 fully saturated rings. The predicted molar refractivity (Wildman–Crippen MR) is 91.1 cm³/mol. The van der Waals surface area contributed by atoms with E-state index in [4.69, 9.17) is 16.3 Å². The minimum atomic E-state index is -0.312. The van der Waals surface area contributed by atoms with E-state index in [1.54, 1.807) is 0 Å². The fourth-order valence-corrected chi connectivity index (χ4v) is 3.29. The van der Waals surface area contributed by atoms with Gasteiger partial charge >= 0.3 is 5.97 Å². The van der Waals surface area contributed by atoms with Crippen molar-refractivity contribution in [3.8, 4) is 0 Å². The smallest absolute Gasteiger partial charge is 0.348 e. The van der Waals surface area contributed by atoms with Crippen LogP contribution in [0.5, 0.6) is 0 Å². The van der Waals surface area contributed by atoms with Crippen molar-refractivity contribution in [1.29, 1.82) is 0 Å². The van der Waals surface area contributed by atoms with E-state index in [0.29, 0.717) is 28.1 Å². The molecule has 0 aliphatic heterocycles. The van der Waals surface area contributed by atoms with Crippen molar-refractivity contribution in [3.63, 3.8) is 0 Å². The van der Waals surface area contributed by atoms with Gasteiger partial charge < -0.3 is 10.1 Å². The number of carbonyl (C=O) groups is 1. The Morgan fingerprint density at radius 2 is 2.14 bits per heavy atom. The standard InChI is InChI=1S/C15H20ClN3O2S/c1-5-6-21-14(20)11-9(4)10-12(17-7-8(2)3)18-15(16)19-13(10)22-11/h8H,5-7H2,1-4H3,(H,17,18,19). The number of halogens is 1. The number of nitrogens with one attached hydrogen (secondary N) is 1. The molecule has 2 aromatic heterocycles. The molecule has 120 valence electrons. The van der Waals surface area contributed by atoms with Crippen LogP contribution in [0, 0.1) is 12.8 Å². The van der Waals surface area contributed by atoms with Gasteiger partial charge in [-0.3, -0.25) is 0 Å². The Labute approximate surface area is 139 Å². The first kappa shape index (κ1) is 17.0. The second-order valence-electron chi connectivity index (χ2n) is 5.49. The van der Waals surface area contributed by atoms with Gasteiger partial charge in [0.25, 0.3) is 0 Å². The summed E-state index contributed by atoms with van der Waals surface area (Å²) < 4.78 is 5.23. The highest BCUT2D eigenvalue weighted by atomic mass is 35.5. The number of fused-ring (bicyclic) bond motifs is 1. The summed E-state index contributed by atoms with van der Waals surface area (Å²) in [6.07, 6.45) is 0.794. The van der Waals surface area contributed by atoms with Crippen LogP contribution in [0.1, 0.15) is 42.4 Å². The first-order chi connectivity index (χ1) is 10.4. The largest absolute Gasteiger partial charge is 0.462 e. The van der Waals surface area contributed by atoms with Gasteiger partial charge in [0.1, 0.15) is 15.5 Å². The Bertz CT molecular complexity index is 685. The van der Waals surface area contributed by atoms with E-state index in [2.05, 4.69) is 29.1 Å². The van der Waals surface area contributed by atoms with Crippen molar-refractivity contribution in [2.24, 2.45) is 5.92 Å². The van der Waals surface area contributed by atoms with Crippen molar-refractivity contribution in [2.75, 3.05) is 18.5 Å². The minimum Gasteiger partial charge on any atom is -0.462 e. The van der Waals surface area contributed by atoms with Crippen LogP contribution >= 0.6 is 22.9 Å². The predicted octanol–water partition coefficient (Wildman–Crippen LogP) is 4.29. The molecule has 7 heteroatoms. The van der Waals surface area contributed by atoms with Crippen LogP contribution in [-0.2, 0) is 4.74 Å². The number of rotatable bonds is 6. The molecule has 0 saturated heterocycles. The Balaban J connectivity index is 2.44. The van der Waals surface area contributed by atoms with Gasteiger partial charge in [0, 0.05) is 6.54 Å². The molecule has 0 bridgehead atoms. The normalized spacial score (nSPS) is 11.2. The van der Waals surface area contributed by atoms with Crippen LogP contribution in [-0.4, -0.2) is 29.1 Å². The molecule has 2 aromatic rings. The summed E-state index contributed by atoms with van der Waals surface area (Å²) >= 11 is 7.29. The summed E-state index contributed by atoms with van der Waals surface area (Å²) in [5, 5.41) is 4.30. The number of hydrogen-bond donors (Lipinski definition) is 1. The average Bonchev–Trinajstić information content (AvgIpc) is 2.79. The molecule has 0 atom stereocenters. The van der Waals surface area contributed by atoms with Crippen LogP contribution in [0.15, 0.2) is 0 Å². The molecule has 2 rings (SSSR count). The third-order valence-corrected chi connectivity index (χ3v) is 4.40. The van der Waals surface area contributed by atoms with Gasteiger partial charge in [-0.15, -0.1) is 11.3 Å². The van der Waals surface area contributed by atoms with Gasteiger partial charge in [0.2, 0.25) is 5.28 Å². The van der Waals surface area contributed by atoms with Gasteiger partial charge in [0.05, 0.1) is 12.0 Å². The van der Waals surface area contributed by atoms with Crippen LogP contribution < -0.4 is 5.32 Å². The molecule has 22 heavy (non-hydrogen) atoms. The van der Waals surface area contributed by atoms with Crippen LogP contribution in [0.4, 0.5) is 5.82 Å². The van der Waals surface area contributed by atoms with E-state index < -0.39 is 0 Å². The van der Waals surface area contributed by atoms with Crippen molar-refractivity contribution in [1.82, 2.24) is 9.97 Å². The van der Waals surface area contributed by atoms with Crippen molar-refractivity contribution in [2.45, 2.75) is 34.1 Å². The third-order valence-electron chi connectivity index (χ3n) is 3.06. The lowest BCUT2D eigenvalue weighted by Crippen LogP contribution is -2.10. The van der Waals surface area contributed by atoms with Crippen molar-refractivity contribution < 1.29 is 9.53 Å². The highest BCUT2D eigenvalue weighted by Gasteiger charge is 2.21. The zero-order chi connectivity index (χ0) is 16.3. The van der Waals surface area contributed by atoms with Crippen molar-refractivity contribution in [3.05, 3.63) is 15.7 Å². The maximum Gasteiger partial charge on any atom is 0.348 e. The zero-order valence-electron chi connectivity index (χ0n) is 13.2. The molecule has 0 aliphatic carbocycles. The highest BCUT2D eigenvalue weighted by Crippen LogP contribution is 2.35. The van der Waals surface area contributed by atoms with E-state index in [1.165, 1.54) is 11.3 Å². The Morgan fingerprint density at radius 1 is 1.41 bits per heavy atom. The number of aryl methyl sites for hydroxylation is 1. The molecule has 0 saturated carbocycles. The lowest BCUT2D eigenvalue weighted by Gasteiger charge is -2.10. The monoisotopic (exact) mass is 341 g/mol. The number of ether oxygens (including phenoxy) is 1. The minimum absolute atomic E-state index is 0.175. The second-order valence-corrected chi connectivity index (χ2v) is 6.83. The number of aromatic nitrogens is 2. The molecule has 1 N–H and O–H groups in total. The maximum absolute atomic E-state index is 12.1. The van der Waals surface area contributed by atoms with Gasteiger partial charge in [-0.1, -0.05) is 20.8 Å². The zero-order valence-corrected chi connectivity index (χ0v) is 14.8. The van der Waals surface area contributed by atoms with E-state index in [1.807, 2.05) is 13.8 Å². The molecule has 0 radical (unpaired) electrons. The molecule has 0 aromatic carbocycles. The average molecular weight is 342 g/mol. The number of esters is 1. The second kappa shape index (κ2) is 7.24. The van der Waals surface area contributed by atoms with Crippen LogP contribution in [0.25, 0.3) is 10.2 Å². The number of carbonyl (C=O) groups excluding carboxylic acids is 1. The molecular formula is C15H20ClN3O2S. The summed E-state index contributed by atoms with van der Waals surface area (Å²) in [6, 6.07) is 0. The first-order valence-corrected chi connectivity index (χ1v) is 8.51. The lowest BCUT2D eigenvalue weighted by molar-refractivity contribution is 0.0510. The number of anilines is 1. The van der Waals surface area contributed by atoms with Gasteiger partial charge in [-0.05, 0) is 36.4 Å². The summed E-state index contributed by atoms with van der Waals surface area (Å²) in [5.74, 6) is 0.831. The molecule has 0 aliphatic rings. The Hall–Kier alpha value is -1.40. The molecule has 0 spiro atoms. The van der Waals surface area contributed by atoms with Gasteiger partial charge in [0.15, 0.2) is 0 Å². The van der Waals surface area contributed by atoms with Gasteiger partial charge in [-0.2, -0.15) is 0 Å². The summed E-state index contributed by atoms with van der Waals surface area (Å²) in [4.78, 5) is 21.9. The number of hydrogen-bond acceptors (Lipinski definition) is 6. The van der Waals surface area contributed by atoms with E-state index in [0.717, 1.165) is 23.9 Å². The summed E-state index contributed by atoms with van der Waals surface area (Å²) in [7, 11) is 0. The fourth-order valence-electron chi connectivity index (χ4n) is 2.00. The summed E-state index contributed by atoms with van der Waals surface area (Å²) in [5.41, 5.74) is 0.837. The van der Waals surface area contributed by atoms with Crippen LogP contribution in [0.2, 0.25) is 5.28 Å². The molecular weight excluding hydrogens is 322 g/mol. The molecule has 2 heterocycles. The topological polar surface area (TPSA) is 64.1 Å². The third kappa shape index (κ3) is 3.67. The quantitative estimate of drug-likeness (QED) is 0.627. The van der Waals surface area contributed by atoms with Crippen LogP contribution in [0.3, 0.4) is 0 Å². The Kier molecular flexibility index (Phi) is 5.58. The molecule has 0 unspecified atom stereocenters. The highest BCUT2D eigenvalue weighted by molar-refractivity contribution is 7.20. The lowest BCUT2D eigenvalue weighted by atomic mass is 10.2. The maximum atomic E-state index is 12.1. The van der Waals surface area contributed by atoms with E-state index in [-0.39, 0.29) is 11.3 Å². The Morgan fingerprint density at radius 3 is 2.77 bits per heavy atom. The fraction of sp³-hybridized carbons (Fsp3) is 0.533. The first-order valence-electron chi connectivity index (χ1n) is 7.31. The number of nitrogens with zero attached hydrogens (tertiary/aromatic N) is 2. The molecule has 5 nitrogen and oxygen atoms in total. The van der Waals surface area contributed by atoms with E-state index in [9.17, 15) is 4.79 Å². The van der Waals surface area contributed by atoms with E-state index >= 15 is 0 Å².